The van der Waals surface area contributed by atoms with Crippen LogP contribution in [0.5, 0.6) is 0 Å². The smallest absolute Gasteiger partial charge is 0.0568 e. The Bertz CT molecular complexity index is 593. The number of hydrogen-bond donors (Lipinski definition) is 0. The fourth-order valence-corrected chi connectivity index (χ4v) is 1.71. The molecule has 3 nitrogen and oxygen atoms in total. The van der Waals surface area contributed by atoms with Crippen molar-refractivity contribution in [3.05, 3.63) is 65.2 Å². The Balaban J connectivity index is 1.97. The van der Waals surface area contributed by atoms with Gasteiger partial charge < -0.3 is 4.90 Å². The molecule has 0 aromatic heterocycles. The van der Waals surface area contributed by atoms with Gasteiger partial charge in [-0.15, -0.1) is 0 Å². The van der Waals surface area contributed by atoms with Gasteiger partial charge in [-0.2, -0.15) is 10.2 Å². The third-order valence-electron chi connectivity index (χ3n) is 2.97. The van der Waals surface area contributed by atoms with E-state index in [1.807, 2.05) is 38.4 Å². The van der Waals surface area contributed by atoms with Gasteiger partial charge >= 0.3 is 0 Å². The summed E-state index contributed by atoms with van der Waals surface area (Å²) in [6.45, 7) is 2.07. The molecule has 0 amide bonds. The molecular formula is C17H19N3. The average molecular weight is 265 g/mol. The second-order valence-electron chi connectivity index (χ2n) is 4.89. The van der Waals surface area contributed by atoms with Gasteiger partial charge in [0.15, 0.2) is 0 Å². The lowest BCUT2D eigenvalue weighted by Crippen LogP contribution is -2.08. The highest BCUT2D eigenvalue weighted by molar-refractivity contribution is 5.83. The van der Waals surface area contributed by atoms with Crippen LogP contribution in [0.4, 0.5) is 5.69 Å². The minimum Gasteiger partial charge on any atom is -0.378 e. The third kappa shape index (κ3) is 4.05. The van der Waals surface area contributed by atoms with E-state index in [0.717, 1.165) is 11.1 Å². The molecule has 0 bridgehead atoms. The topological polar surface area (TPSA) is 28.0 Å². The first kappa shape index (κ1) is 14.0. The molecule has 2 aromatic rings. The van der Waals surface area contributed by atoms with Crippen LogP contribution in [-0.2, 0) is 0 Å². The maximum Gasteiger partial charge on any atom is 0.0568 e. The number of hydrogen-bond acceptors (Lipinski definition) is 3. The first-order valence-corrected chi connectivity index (χ1v) is 6.55. The summed E-state index contributed by atoms with van der Waals surface area (Å²) in [5, 5.41) is 8.12. The van der Waals surface area contributed by atoms with E-state index >= 15 is 0 Å². The summed E-state index contributed by atoms with van der Waals surface area (Å²) in [5.74, 6) is 0. The Kier molecular flexibility index (Phi) is 4.66. The molecule has 0 radical (unpaired) electrons. The first-order valence-electron chi connectivity index (χ1n) is 6.55. The molecule has 2 rings (SSSR count). The van der Waals surface area contributed by atoms with Crippen molar-refractivity contribution >= 4 is 18.1 Å². The molecule has 2 aromatic carbocycles. The van der Waals surface area contributed by atoms with Gasteiger partial charge in [0.25, 0.3) is 0 Å². The molecule has 0 aliphatic carbocycles. The lowest BCUT2D eigenvalue weighted by molar-refractivity contribution is 1.13. The lowest BCUT2D eigenvalue weighted by atomic mass is 10.2. The zero-order chi connectivity index (χ0) is 14.4. The number of benzene rings is 2. The van der Waals surface area contributed by atoms with E-state index in [1.165, 1.54) is 11.3 Å². The maximum absolute atomic E-state index is 4.06. The minimum atomic E-state index is 1.04. The van der Waals surface area contributed by atoms with Crippen LogP contribution < -0.4 is 4.90 Å². The molecule has 0 atom stereocenters. The van der Waals surface area contributed by atoms with Crippen LogP contribution in [-0.4, -0.2) is 26.5 Å². The fourth-order valence-electron chi connectivity index (χ4n) is 1.71. The second kappa shape index (κ2) is 6.66. The third-order valence-corrected chi connectivity index (χ3v) is 2.97. The lowest BCUT2D eigenvalue weighted by Gasteiger charge is -2.11. The number of rotatable bonds is 4. The van der Waals surface area contributed by atoms with Crippen molar-refractivity contribution in [2.45, 2.75) is 6.92 Å². The molecule has 0 saturated heterocycles. The average Bonchev–Trinajstić information content (AvgIpc) is 2.46. The number of anilines is 1. The molecule has 0 aliphatic rings. The quantitative estimate of drug-likeness (QED) is 0.614. The van der Waals surface area contributed by atoms with Gasteiger partial charge in [-0.25, -0.2) is 0 Å². The predicted molar refractivity (Wildman–Crippen MR) is 87.1 cm³/mol. The fraction of sp³-hybridized carbons (Fsp3) is 0.176. The molecule has 0 saturated carbocycles. The summed E-state index contributed by atoms with van der Waals surface area (Å²) >= 11 is 0. The van der Waals surface area contributed by atoms with Crippen LogP contribution in [0.3, 0.4) is 0 Å². The van der Waals surface area contributed by atoms with Crippen molar-refractivity contribution in [3.63, 3.8) is 0 Å². The van der Waals surface area contributed by atoms with Crippen LogP contribution in [0.1, 0.15) is 16.7 Å². The van der Waals surface area contributed by atoms with E-state index in [-0.39, 0.29) is 0 Å². The van der Waals surface area contributed by atoms with Gasteiger partial charge in [0, 0.05) is 19.8 Å². The van der Waals surface area contributed by atoms with E-state index in [4.69, 9.17) is 0 Å². The summed E-state index contributed by atoms with van der Waals surface area (Å²) in [5.41, 5.74) is 4.50. The molecular weight excluding hydrogens is 246 g/mol. The molecule has 102 valence electrons. The normalized spacial score (nSPS) is 11.3. The first-order chi connectivity index (χ1) is 9.65. The van der Waals surface area contributed by atoms with Crippen LogP contribution >= 0.6 is 0 Å². The number of nitrogens with zero attached hydrogens (tertiary/aromatic N) is 3. The zero-order valence-corrected chi connectivity index (χ0v) is 12.1. The van der Waals surface area contributed by atoms with Gasteiger partial charge in [-0.1, -0.05) is 42.0 Å². The summed E-state index contributed by atoms with van der Waals surface area (Å²) in [4.78, 5) is 2.07. The van der Waals surface area contributed by atoms with Crippen molar-refractivity contribution in [2.75, 3.05) is 19.0 Å². The van der Waals surface area contributed by atoms with Crippen LogP contribution in [0.15, 0.2) is 58.7 Å². The van der Waals surface area contributed by atoms with E-state index in [0.29, 0.717) is 0 Å². The largest absolute Gasteiger partial charge is 0.378 e. The van der Waals surface area contributed by atoms with Crippen molar-refractivity contribution in [3.8, 4) is 0 Å². The van der Waals surface area contributed by atoms with Crippen molar-refractivity contribution < 1.29 is 0 Å². The van der Waals surface area contributed by atoms with E-state index in [9.17, 15) is 0 Å². The SMILES string of the molecule is Cc1ccc(/C=N/N=C/c2ccc(N(C)C)cc2)cc1. The van der Waals surface area contributed by atoms with Gasteiger partial charge in [0.1, 0.15) is 0 Å². The molecule has 0 aliphatic heterocycles. The highest BCUT2D eigenvalue weighted by Gasteiger charge is 1.93. The monoisotopic (exact) mass is 265 g/mol. The van der Waals surface area contributed by atoms with Gasteiger partial charge in [0.05, 0.1) is 12.4 Å². The van der Waals surface area contributed by atoms with E-state index in [2.05, 4.69) is 46.3 Å². The Labute approximate surface area is 120 Å². The minimum absolute atomic E-state index is 1.04. The second-order valence-corrected chi connectivity index (χ2v) is 4.89. The van der Waals surface area contributed by atoms with Gasteiger partial charge in [0.2, 0.25) is 0 Å². The van der Waals surface area contributed by atoms with E-state index in [1.54, 1.807) is 12.4 Å². The standard InChI is InChI=1S/C17H19N3/c1-14-4-6-15(7-5-14)12-18-19-13-16-8-10-17(11-9-16)20(2)3/h4-13H,1-3H3/b18-12+,19-13+. The van der Waals surface area contributed by atoms with Crippen molar-refractivity contribution in [1.29, 1.82) is 0 Å². The van der Waals surface area contributed by atoms with Crippen LogP contribution in [0.25, 0.3) is 0 Å². The zero-order valence-electron chi connectivity index (χ0n) is 12.1. The Morgan fingerprint density at radius 2 is 1.20 bits per heavy atom. The summed E-state index contributed by atoms with van der Waals surface area (Å²) in [6, 6.07) is 16.4. The highest BCUT2D eigenvalue weighted by Crippen LogP contribution is 2.10. The Morgan fingerprint density at radius 3 is 1.65 bits per heavy atom. The molecule has 0 unspecified atom stereocenters. The molecule has 0 N–H and O–H groups in total. The van der Waals surface area contributed by atoms with Crippen molar-refractivity contribution in [1.82, 2.24) is 0 Å². The Morgan fingerprint density at radius 1 is 0.750 bits per heavy atom. The summed E-state index contributed by atoms with van der Waals surface area (Å²) < 4.78 is 0. The predicted octanol–water partition coefficient (Wildman–Crippen LogP) is 3.51. The van der Waals surface area contributed by atoms with E-state index < -0.39 is 0 Å². The molecule has 0 spiro atoms. The van der Waals surface area contributed by atoms with Crippen LogP contribution in [0.2, 0.25) is 0 Å². The summed E-state index contributed by atoms with van der Waals surface area (Å²) in [6.07, 6.45) is 3.51. The van der Waals surface area contributed by atoms with Gasteiger partial charge in [-0.05, 0) is 30.2 Å². The highest BCUT2D eigenvalue weighted by atomic mass is 15.2. The molecule has 20 heavy (non-hydrogen) atoms. The molecule has 0 heterocycles. The molecule has 0 fully saturated rings. The summed E-state index contributed by atoms with van der Waals surface area (Å²) in [7, 11) is 4.05. The van der Waals surface area contributed by atoms with Crippen molar-refractivity contribution in [2.24, 2.45) is 10.2 Å². The maximum atomic E-state index is 4.06. The Hall–Kier alpha value is -2.42. The van der Waals surface area contributed by atoms with Crippen LogP contribution in [0, 0.1) is 6.92 Å². The van der Waals surface area contributed by atoms with Gasteiger partial charge in [-0.3, -0.25) is 0 Å². The molecule has 3 heteroatoms. The number of aryl methyl sites for hydroxylation is 1.